The van der Waals surface area contributed by atoms with Crippen molar-refractivity contribution in [2.45, 2.75) is 33.0 Å². The van der Waals surface area contributed by atoms with Crippen molar-refractivity contribution in [1.29, 1.82) is 0 Å². The molecule has 0 radical (unpaired) electrons. The van der Waals surface area contributed by atoms with Gasteiger partial charge in [0.2, 0.25) is 0 Å². The van der Waals surface area contributed by atoms with Crippen LogP contribution in [0.2, 0.25) is 0 Å². The van der Waals surface area contributed by atoms with Gasteiger partial charge in [-0.2, -0.15) is 0 Å². The fraction of sp³-hybridized carbons (Fsp3) is 0.900. The van der Waals surface area contributed by atoms with Gasteiger partial charge in [-0.05, 0) is 12.8 Å². The smallest absolute Gasteiger partial charge is 0.306 e. The average Bonchev–Trinajstić information content (AvgIpc) is 2.14. The Bertz CT molecular complexity index is 154. The molecule has 0 N–H and O–H groups in total. The topological polar surface area (TPSA) is 44.8 Å². The molecule has 0 rings (SSSR count). The van der Waals surface area contributed by atoms with E-state index in [9.17, 15) is 4.79 Å². The molecular weight excluding hydrogens is 184 g/mol. The van der Waals surface area contributed by atoms with Crippen LogP contribution in [0.5, 0.6) is 0 Å². The van der Waals surface area contributed by atoms with Crippen molar-refractivity contribution in [1.82, 2.24) is 0 Å². The highest BCUT2D eigenvalue weighted by atomic mass is 16.7. The van der Waals surface area contributed by atoms with Crippen molar-refractivity contribution in [3.05, 3.63) is 0 Å². The quantitative estimate of drug-likeness (QED) is 0.466. The van der Waals surface area contributed by atoms with Gasteiger partial charge in [-0.1, -0.05) is 6.92 Å². The van der Waals surface area contributed by atoms with Gasteiger partial charge in [-0.15, -0.1) is 0 Å². The van der Waals surface area contributed by atoms with Crippen LogP contribution < -0.4 is 0 Å². The molecule has 0 spiro atoms. The molecule has 14 heavy (non-hydrogen) atoms. The van der Waals surface area contributed by atoms with E-state index in [1.165, 1.54) is 0 Å². The maximum Gasteiger partial charge on any atom is 0.306 e. The fourth-order valence-corrected chi connectivity index (χ4v) is 1.20. The van der Waals surface area contributed by atoms with E-state index in [0.717, 1.165) is 0 Å². The minimum absolute atomic E-state index is 0.161. The van der Waals surface area contributed by atoms with Crippen LogP contribution in [0.4, 0.5) is 0 Å². The van der Waals surface area contributed by atoms with Crippen molar-refractivity contribution in [3.63, 3.8) is 0 Å². The zero-order valence-electron chi connectivity index (χ0n) is 9.41. The molecule has 0 aliphatic carbocycles. The number of hydrogen-bond donors (Lipinski definition) is 0. The van der Waals surface area contributed by atoms with Crippen LogP contribution in [-0.4, -0.2) is 33.1 Å². The summed E-state index contributed by atoms with van der Waals surface area (Å²) >= 11 is 0. The molecule has 0 fully saturated rings. The third-order valence-corrected chi connectivity index (χ3v) is 1.94. The Balaban J connectivity index is 3.72. The van der Waals surface area contributed by atoms with E-state index in [4.69, 9.17) is 14.2 Å². The maximum atomic E-state index is 11.1. The summed E-state index contributed by atoms with van der Waals surface area (Å²) in [5.41, 5.74) is 0. The van der Waals surface area contributed by atoms with Crippen molar-refractivity contribution in [3.8, 4) is 0 Å². The summed E-state index contributed by atoms with van der Waals surface area (Å²) in [4.78, 5) is 11.1. The van der Waals surface area contributed by atoms with E-state index < -0.39 is 0 Å². The van der Waals surface area contributed by atoms with E-state index in [1.54, 1.807) is 21.1 Å². The van der Waals surface area contributed by atoms with Gasteiger partial charge in [0.15, 0.2) is 6.29 Å². The molecule has 0 saturated heterocycles. The molecule has 1 atom stereocenters. The van der Waals surface area contributed by atoms with Crippen LogP contribution in [0.1, 0.15) is 26.7 Å². The van der Waals surface area contributed by atoms with Crippen LogP contribution in [-0.2, 0) is 19.0 Å². The molecule has 4 nitrogen and oxygen atoms in total. The number of carbonyl (C=O) groups is 1. The SMILES string of the molecule is CCOC(=O)CC(C)CC(OC)OC. The van der Waals surface area contributed by atoms with E-state index >= 15 is 0 Å². The number of hydrogen-bond acceptors (Lipinski definition) is 4. The number of rotatable bonds is 7. The summed E-state index contributed by atoms with van der Waals surface area (Å²) in [7, 11) is 3.18. The van der Waals surface area contributed by atoms with Crippen molar-refractivity contribution < 1.29 is 19.0 Å². The highest BCUT2D eigenvalue weighted by molar-refractivity contribution is 5.69. The number of ether oxygens (including phenoxy) is 3. The van der Waals surface area contributed by atoms with E-state index in [1.807, 2.05) is 6.92 Å². The van der Waals surface area contributed by atoms with Crippen LogP contribution in [0.15, 0.2) is 0 Å². The molecular formula is C10H20O4. The molecule has 0 aromatic heterocycles. The van der Waals surface area contributed by atoms with Gasteiger partial charge in [0, 0.05) is 27.1 Å². The Hall–Kier alpha value is -0.610. The fourth-order valence-electron chi connectivity index (χ4n) is 1.20. The van der Waals surface area contributed by atoms with E-state index in [2.05, 4.69) is 0 Å². The molecule has 84 valence electrons. The Kier molecular flexibility index (Phi) is 7.42. The Morgan fingerprint density at radius 1 is 1.29 bits per heavy atom. The number of carbonyl (C=O) groups excluding carboxylic acids is 1. The molecule has 0 saturated carbocycles. The Morgan fingerprint density at radius 2 is 1.86 bits per heavy atom. The molecule has 0 aromatic rings. The standard InChI is InChI=1S/C10H20O4/c1-5-14-9(11)6-8(2)7-10(12-3)13-4/h8,10H,5-7H2,1-4H3. The van der Waals surface area contributed by atoms with Gasteiger partial charge >= 0.3 is 5.97 Å². The Morgan fingerprint density at radius 3 is 2.29 bits per heavy atom. The molecule has 0 bridgehead atoms. The first-order chi connectivity index (χ1) is 6.63. The molecule has 1 unspecified atom stereocenters. The summed E-state index contributed by atoms with van der Waals surface area (Å²) in [5.74, 6) is 0.0462. The molecule has 0 aromatic carbocycles. The summed E-state index contributed by atoms with van der Waals surface area (Å²) in [6.45, 7) is 4.21. The van der Waals surface area contributed by atoms with Gasteiger partial charge in [-0.3, -0.25) is 4.79 Å². The Labute approximate surface area is 85.5 Å². The predicted molar refractivity (Wildman–Crippen MR) is 52.8 cm³/mol. The molecule has 0 heterocycles. The summed E-state index contributed by atoms with van der Waals surface area (Å²) < 4.78 is 14.9. The molecule has 0 amide bonds. The minimum Gasteiger partial charge on any atom is -0.466 e. The minimum atomic E-state index is -0.237. The maximum absolute atomic E-state index is 11.1. The van der Waals surface area contributed by atoms with Gasteiger partial charge in [0.1, 0.15) is 0 Å². The molecule has 0 aliphatic heterocycles. The van der Waals surface area contributed by atoms with Crippen LogP contribution in [0.3, 0.4) is 0 Å². The third-order valence-electron chi connectivity index (χ3n) is 1.94. The number of esters is 1. The molecule has 4 heteroatoms. The summed E-state index contributed by atoms with van der Waals surface area (Å²) in [6, 6.07) is 0. The van der Waals surface area contributed by atoms with Gasteiger partial charge in [0.25, 0.3) is 0 Å². The van der Waals surface area contributed by atoms with Crippen LogP contribution in [0, 0.1) is 5.92 Å². The van der Waals surface area contributed by atoms with Crippen molar-refractivity contribution in [2.24, 2.45) is 5.92 Å². The molecule has 0 aliphatic rings. The van der Waals surface area contributed by atoms with Gasteiger partial charge < -0.3 is 14.2 Å². The second-order valence-electron chi connectivity index (χ2n) is 3.25. The summed E-state index contributed by atoms with van der Waals surface area (Å²) in [5, 5.41) is 0. The first-order valence-corrected chi connectivity index (χ1v) is 4.85. The van der Waals surface area contributed by atoms with Crippen LogP contribution >= 0.6 is 0 Å². The zero-order valence-corrected chi connectivity index (χ0v) is 9.41. The van der Waals surface area contributed by atoms with E-state index in [-0.39, 0.29) is 18.2 Å². The monoisotopic (exact) mass is 204 g/mol. The summed E-state index contributed by atoms with van der Waals surface area (Å²) in [6.07, 6.45) is 0.877. The van der Waals surface area contributed by atoms with Crippen molar-refractivity contribution in [2.75, 3.05) is 20.8 Å². The first-order valence-electron chi connectivity index (χ1n) is 4.85. The largest absolute Gasteiger partial charge is 0.466 e. The lowest BCUT2D eigenvalue weighted by atomic mass is 10.0. The third kappa shape index (κ3) is 5.94. The van der Waals surface area contributed by atoms with E-state index in [0.29, 0.717) is 19.4 Å². The second-order valence-corrected chi connectivity index (χ2v) is 3.25. The lowest BCUT2D eigenvalue weighted by Gasteiger charge is -2.17. The van der Waals surface area contributed by atoms with Crippen molar-refractivity contribution >= 4 is 5.97 Å². The average molecular weight is 204 g/mol. The highest BCUT2D eigenvalue weighted by Crippen LogP contribution is 2.13. The number of methoxy groups -OCH3 is 2. The second kappa shape index (κ2) is 7.76. The highest BCUT2D eigenvalue weighted by Gasteiger charge is 2.15. The van der Waals surface area contributed by atoms with Gasteiger partial charge in [-0.25, -0.2) is 0 Å². The normalized spacial score (nSPS) is 12.9. The lowest BCUT2D eigenvalue weighted by molar-refractivity contribution is -0.146. The zero-order chi connectivity index (χ0) is 11.0. The van der Waals surface area contributed by atoms with Gasteiger partial charge in [0.05, 0.1) is 6.61 Å². The predicted octanol–water partition coefficient (Wildman–Crippen LogP) is 1.58. The first kappa shape index (κ1) is 13.4. The van der Waals surface area contributed by atoms with Crippen LogP contribution in [0.25, 0.3) is 0 Å². The lowest BCUT2D eigenvalue weighted by Crippen LogP contribution is -2.19.